The van der Waals surface area contributed by atoms with Crippen molar-refractivity contribution in [3.63, 3.8) is 0 Å². The number of aliphatic hydroxyl groups excluding tert-OH is 1. The molecule has 0 spiro atoms. The van der Waals surface area contributed by atoms with E-state index in [4.69, 9.17) is 9.73 Å². The maximum atomic E-state index is 10.00. The zero-order valence-corrected chi connectivity index (χ0v) is 18.0. The van der Waals surface area contributed by atoms with Gasteiger partial charge < -0.3 is 20.1 Å². The number of rotatable bonds is 5. The number of piperidine rings is 1. The highest BCUT2D eigenvalue weighted by molar-refractivity contribution is 14.0. The van der Waals surface area contributed by atoms with E-state index < -0.39 is 0 Å². The van der Waals surface area contributed by atoms with E-state index in [1.807, 2.05) is 30.3 Å². The summed E-state index contributed by atoms with van der Waals surface area (Å²) >= 11 is 0. The Balaban J connectivity index is 0.00000243. The molecular weight excluding hydrogens is 441 g/mol. The number of para-hydroxylation sites is 1. The minimum atomic E-state index is -0.170. The van der Waals surface area contributed by atoms with Gasteiger partial charge in [-0.05, 0) is 31.9 Å². The van der Waals surface area contributed by atoms with Gasteiger partial charge in [0, 0.05) is 44.9 Å². The molecule has 1 saturated heterocycles. The lowest BCUT2D eigenvalue weighted by molar-refractivity contribution is 0.128. The van der Waals surface area contributed by atoms with Crippen LogP contribution in [0.25, 0.3) is 0 Å². The Morgan fingerprint density at radius 2 is 1.92 bits per heavy atom. The Kier molecular flexibility index (Phi) is 8.98. The maximum Gasteiger partial charge on any atom is 0.193 e. The summed E-state index contributed by atoms with van der Waals surface area (Å²) in [6, 6.07) is 10.1. The first kappa shape index (κ1) is 21.3. The number of benzene rings is 1. The molecule has 6 heteroatoms. The number of guanidine groups is 1. The summed E-state index contributed by atoms with van der Waals surface area (Å²) in [5.41, 5.74) is 0. The summed E-state index contributed by atoms with van der Waals surface area (Å²) in [5, 5.41) is 13.4. The van der Waals surface area contributed by atoms with Crippen LogP contribution in [0, 0.1) is 5.92 Å². The number of aliphatic imine (C=N–C) groups is 1. The largest absolute Gasteiger partial charge is 0.490 e. The number of hydrogen-bond acceptors (Lipinski definition) is 3. The van der Waals surface area contributed by atoms with Crippen LogP contribution in [-0.4, -0.2) is 54.4 Å². The first-order valence-electron chi connectivity index (χ1n) is 9.69. The van der Waals surface area contributed by atoms with Crippen molar-refractivity contribution in [2.24, 2.45) is 10.9 Å². The van der Waals surface area contributed by atoms with Gasteiger partial charge in [0.2, 0.25) is 0 Å². The number of ether oxygens (including phenoxy) is 1. The fraction of sp³-hybridized carbons (Fsp3) is 0.650. The van der Waals surface area contributed by atoms with Gasteiger partial charge in [-0.2, -0.15) is 0 Å². The lowest BCUT2D eigenvalue weighted by atomic mass is 10.1. The minimum absolute atomic E-state index is 0. The molecule has 1 aliphatic carbocycles. The first-order valence-corrected chi connectivity index (χ1v) is 9.69. The highest BCUT2D eigenvalue weighted by atomic mass is 127. The molecule has 0 bridgehead atoms. The second-order valence-corrected chi connectivity index (χ2v) is 7.07. The van der Waals surface area contributed by atoms with E-state index in [2.05, 4.69) is 17.1 Å². The summed E-state index contributed by atoms with van der Waals surface area (Å²) < 4.78 is 6.08. The lowest BCUT2D eigenvalue weighted by Crippen LogP contribution is -2.47. The van der Waals surface area contributed by atoms with Gasteiger partial charge >= 0.3 is 0 Å². The Bertz CT molecular complexity index is 547. The average Bonchev–Trinajstić information content (AvgIpc) is 3.05. The number of aliphatic hydroxyl groups is 1. The zero-order valence-electron chi connectivity index (χ0n) is 15.6. The van der Waals surface area contributed by atoms with Crippen molar-refractivity contribution in [2.45, 2.75) is 51.2 Å². The SMILES string of the molecule is CCNC(=NCC1CCCC1O)N1CCC(Oc2ccccc2)CC1.I. The van der Waals surface area contributed by atoms with Crippen LogP contribution in [0.3, 0.4) is 0 Å². The molecule has 2 N–H and O–H groups in total. The fourth-order valence-electron chi connectivity index (χ4n) is 3.74. The molecule has 0 amide bonds. The van der Waals surface area contributed by atoms with Crippen LogP contribution in [0.15, 0.2) is 35.3 Å². The molecule has 0 radical (unpaired) electrons. The molecule has 5 nitrogen and oxygen atoms in total. The summed E-state index contributed by atoms with van der Waals surface area (Å²) in [4.78, 5) is 7.14. The van der Waals surface area contributed by atoms with E-state index in [-0.39, 0.29) is 36.2 Å². The van der Waals surface area contributed by atoms with Gasteiger partial charge in [-0.15, -0.1) is 24.0 Å². The quantitative estimate of drug-likeness (QED) is 0.392. The number of likely N-dealkylation sites (tertiary alicyclic amines) is 1. The second kappa shape index (κ2) is 11.0. The van der Waals surface area contributed by atoms with Gasteiger partial charge in [0.25, 0.3) is 0 Å². The van der Waals surface area contributed by atoms with Crippen molar-refractivity contribution >= 4 is 29.9 Å². The van der Waals surface area contributed by atoms with Gasteiger partial charge in [-0.25, -0.2) is 0 Å². The molecule has 1 saturated carbocycles. The van der Waals surface area contributed by atoms with Crippen LogP contribution in [-0.2, 0) is 0 Å². The molecule has 2 unspecified atom stereocenters. The normalized spacial score (nSPS) is 24.2. The van der Waals surface area contributed by atoms with E-state index in [1.54, 1.807) is 0 Å². The molecule has 146 valence electrons. The molecule has 3 rings (SSSR count). The van der Waals surface area contributed by atoms with E-state index >= 15 is 0 Å². The lowest BCUT2D eigenvalue weighted by Gasteiger charge is -2.34. The molecule has 1 aromatic carbocycles. The summed E-state index contributed by atoms with van der Waals surface area (Å²) in [7, 11) is 0. The zero-order chi connectivity index (χ0) is 17.5. The minimum Gasteiger partial charge on any atom is -0.490 e. The summed E-state index contributed by atoms with van der Waals surface area (Å²) in [6.07, 6.45) is 5.27. The van der Waals surface area contributed by atoms with Gasteiger partial charge in [0.05, 0.1) is 6.10 Å². The molecule has 1 aliphatic heterocycles. The molecule has 1 aromatic rings. The topological polar surface area (TPSA) is 57.1 Å². The molecule has 1 heterocycles. The number of nitrogens with one attached hydrogen (secondary N) is 1. The van der Waals surface area contributed by atoms with Crippen LogP contribution in [0.5, 0.6) is 5.75 Å². The monoisotopic (exact) mass is 473 g/mol. The number of hydrogen-bond donors (Lipinski definition) is 2. The third-order valence-electron chi connectivity index (χ3n) is 5.22. The first-order chi connectivity index (χ1) is 12.3. The average molecular weight is 473 g/mol. The van der Waals surface area contributed by atoms with E-state index in [1.165, 1.54) is 0 Å². The van der Waals surface area contributed by atoms with Crippen molar-refractivity contribution in [3.05, 3.63) is 30.3 Å². The molecule has 2 fully saturated rings. The predicted octanol–water partition coefficient (Wildman–Crippen LogP) is 3.27. The standard InChI is InChI=1S/C20H31N3O2.HI/c1-2-21-20(22-15-16-7-6-10-19(16)24)23-13-11-18(12-14-23)25-17-8-4-3-5-9-17;/h3-5,8-9,16,18-19,24H,2,6-7,10-15H2,1H3,(H,21,22);1H. The van der Waals surface area contributed by atoms with Crippen LogP contribution in [0.2, 0.25) is 0 Å². The predicted molar refractivity (Wildman–Crippen MR) is 116 cm³/mol. The highest BCUT2D eigenvalue weighted by Gasteiger charge is 2.26. The maximum absolute atomic E-state index is 10.00. The van der Waals surface area contributed by atoms with Crippen LogP contribution in [0.1, 0.15) is 39.0 Å². The molecule has 2 aliphatic rings. The summed E-state index contributed by atoms with van der Waals surface area (Å²) in [5.74, 6) is 2.27. The number of halogens is 1. The Morgan fingerprint density at radius 1 is 1.19 bits per heavy atom. The fourth-order valence-corrected chi connectivity index (χ4v) is 3.74. The van der Waals surface area contributed by atoms with Gasteiger partial charge in [-0.1, -0.05) is 24.6 Å². The Labute approximate surface area is 174 Å². The van der Waals surface area contributed by atoms with Crippen molar-refractivity contribution in [1.29, 1.82) is 0 Å². The van der Waals surface area contributed by atoms with Gasteiger partial charge in [0.15, 0.2) is 5.96 Å². The smallest absolute Gasteiger partial charge is 0.193 e. The van der Waals surface area contributed by atoms with Crippen molar-refractivity contribution in [2.75, 3.05) is 26.2 Å². The molecule has 2 atom stereocenters. The summed E-state index contributed by atoms with van der Waals surface area (Å²) in [6.45, 7) is 5.61. The van der Waals surface area contributed by atoms with E-state index in [0.29, 0.717) is 5.92 Å². The number of nitrogens with zero attached hydrogens (tertiary/aromatic N) is 2. The van der Waals surface area contributed by atoms with Gasteiger partial charge in [-0.3, -0.25) is 4.99 Å². The molecular formula is C20H32IN3O2. The van der Waals surface area contributed by atoms with Crippen LogP contribution < -0.4 is 10.1 Å². The van der Waals surface area contributed by atoms with Crippen LogP contribution >= 0.6 is 24.0 Å². The molecule has 26 heavy (non-hydrogen) atoms. The Hall–Kier alpha value is -1.02. The third-order valence-corrected chi connectivity index (χ3v) is 5.22. The highest BCUT2D eigenvalue weighted by Crippen LogP contribution is 2.26. The van der Waals surface area contributed by atoms with Crippen molar-refractivity contribution in [3.8, 4) is 5.75 Å². The third kappa shape index (κ3) is 6.01. The van der Waals surface area contributed by atoms with E-state index in [9.17, 15) is 5.11 Å². The van der Waals surface area contributed by atoms with Crippen LogP contribution in [0.4, 0.5) is 0 Å². The van der Waals surface area contributed by atoms with Crippen molar-refractivity contribution < 1.29 is 9.84 Å². The van der Waals surface area contributed by atoms with E-state index in [0.717, 1.165) is 70.0 Å². The molecule has 0 aromatic heterocycles. The Morgan fingerprint density at radius 3 is 2.54 bits per heavy atom. The van der Waals surface area contributed by atoms with Gasteiger partial charge in [0.1, 0.15) is 11.9 Å². The second-order valence-electron chi connectivity index (χ2n) is 7.07. The van der Waals surface area contributed by atoms with Crippen molar-refractivity contribution in [1.82, 2.24) is 10.2 Å².